The molecule has 0 aromatic rings. The van der Waals surface area contributed by atoms with Gasteiger partial charge >= 0.3 is 7.82 Å². The zero-order chi connectivity index (χ0) is 12.9. The minimum absolute atomic E-state index is 0.0694. The van der Waals surface area contributed by atoms with Crippen LogP contribution in [0.5, 0.6) is 0 Å². The van der Waals surface area contributed by atoms with Crippen molar-refractivity contribution in [2.24, 2.45) is 11.8 Å². The number of carbonyl (C=O) groups is 1. The maximum atomic E-state index is 11.2. The van der Waals surface area contributed by atoms with Gasteiger partial charge in [-0.3, -0.25) is 9.32 Å². The number of hydrogen-bond acceptors (Lipinski definition) is 3. The maximum absolute atomic E-state index is 11.2. The first-order valence-electron chi connectivity index (χ1n) is 5.76. The molecule has 0 aromatic carbocycles. The van der Waals surface area contributed by atoms with Gasteiger partial charge in [0.1, 0.15) is 0 Å². The second-order valence-corrected chi connectivity index (χ2v) is 5.79. The first kappa shape index (κ1) is 14.6. The molecule has 0 atom stereocenters. The summed E-state index contributed by atoms with van der Waals surface area (Å²) >= 11 is 0. The summed E-state index contributed by atoms with van der Waals surface area (Å²) in [4.78, 5) is 28.3. The van der Waals surface area contributed by atoms with Gasteiger partial charge in [0.15, 0.2) is 5.78 Å². The Balaban J connectivity index is 2.24. The molecular weight excluding hydrogens is 243 g/mol. The van der Waals surface area contributed by atoms with E-state index in [4.69, 9.17) is 9.79 Å². The Morgan fingerprint density at radius 1 is 1.29 bits per heavy atom. The predicted octanol–water partition coefficient (Wildman–Crippen LogP) is 2.05. The smallest absolute Gasteiger partial charge is 0.303 e. The number of allylic oxidation sites excluding steroid dienone is 1. The SMILES string of the molecule is C=CC(=O)CC1CCC(COP(=O)(O)O)CC1. The fourth-order valence-corrected chi connectivity index (χ4v) is 2.58. The standard InChI is InChI=1S/C11H19O5P/c1-2-11(12)7-9-3-5-10(6-4-9)8-16-17(13,14)15/h2,9-10H,1,3-8H2,(H2,13,14,15). The summed E-state index contributed by atoms with van der Waals surface area (Å²) in [7, 11) is -4.34. The molecule has 0 aliphatic heterocycles. The molecule has 0 aromatic heterocycles. The molecular formula is C11H19O5P. The van der Waals surface area contributed by atoms with E-state index in [0.717, 1.165) is 25.7 Å². The number of rotatable bonds is 6. The van der Waals surface area contributed by atoms with E-state index in [-0.39, 0.29) is 18.3 Å². The van der Waals surface area contributed by atoms with Crippen LogP contribution >= 0.6 is 7.82 Å². The summed E-state index contributed by atoms with van der Waals surface area (Å²) in [5.74, 6) is 0.643. The average Bonchev–Trinajstić information content (AvgIpc) is 2.27. The Morgan fingerprint density at radius 2 is 1.82 bits per heavy atom. The average molecular weight is 262 g/mol. The molecule has 0 amide bonds. The van der Waals surface area contributed by atoms with Crippen LogP contribution in [0.4, 0.5) is 0 Å². The molecule has 0 radical (unpaired) electrons. The third-order valence-electron chi connectivity index (χ3n) is 3.16. The van der Waals surface area contributed by atoms with Gasteiger partial charge in [0, 0.05) is 6.42 Å². The van der Waals surface area contributed by atoms with Gasteiger partial charge in [-0.1, -0.05) is 6.58 Å². The van der Waals surface area contributed by atoms with Gasteiger partial charge in [-0.15, -0.1) is 0 Å². The Labute approximate surface area is 101 Å². The molecule has 1 saturated carbocycles. The van der Waals surface area contributed by atoms with Crippen LogP contribution in [0.25, 0.3) is 0 Å². The number of phosphoric ester groups is 1. The fourth-order valence-electron chi connectivity index (χ4n) is 2.17. The first-order valence-corrected chi connectivity index (χ1v) is 7.29. The topological polar surface area (TPSA) is 83.8 Å². The van der Waals surface area contributed by atoms with Gasteiger partial charge in [-0.25, -0.2) is 4.57 Å². The molecule has 1 rings (SSSR count). The van der Waals surface area contributed by atoms with Gasteiger partial charge in [-0.05, 0) is 43.6 Å². The first-order chi connectivity index (χ1) is 7.90. The second-order valence-electron chi connectivity index (χ2n) is 4.55. The van der Waals surface area contributed by atoms with Gasteiger partial charge in [0.25, 0.3) is 0 Å². The van der Waals surface area contributed by atoms with E-state index in [2.05, 4.69) is 11.1 Å². The van der Waals surface area contributed by atoms with E-state index in [1.165, 1.54) is 6.08 Å². The van der Waals surface area contributed by atoms with Gasteiger partial charge in [0.2, 0.25) is 0 Å². The zero-order valence-corrected chi connectivity index (χ0v) is 10.6. The van der Waals surface area contributed by atoms with Crippen molar-refractivity contribution in [3.63, 3.8) is 0 Å². The summed E-state index contributed by atoms with van der Waals surface area (Å²) in [6.07, 6.45) is 5.42. The van der Waals surface area contributed by atoms with E-state index in [9.17, 15) is 9.36 Å². The quantitative estimate of drug-likeness (QED) is 0.565. The lowest BCUT2D eigenvalue weighted by atomic mass is 9.80. The highest BCUT2D eigenvalue weighted by Crippen LogP contribution is 2.39. The molecule has 1 aliphatic carbocycles. The summed E-state index contributed by atoms with van der Waals surface area (Å²) in [6, 6.07) is 0. The Morgan fingerprint density at radius 3 is 2.29 bits per heavy atom. The molecule has 6 heteroatoms. The van der Waals surface area contributed by atoms with E-state index < -0.39 is 7.82 Å². The van der Waals surface area contributed by atoms with E-state index in [0.29, 0.717) is 12.3 Å². The molecule has 2 N–H and O–H groups in total. The lowest BCUT2D eigenvalue weighted by molar-refractivity contribution is -0.115. The monoisotopic (exact) mass is 262 g/mol. The second kappa shape index (κ2) is 6.45. The summed E-state index contributed by atoms with van der Waals surface area (Å²) < 4.78 is 15.0. The van der Waals surface area contributed by atoms with Crippen molar-refractivity contribution in [2.45, 2.75) is 32.1 Å². The normalized spacial score (nSPS) is 25.5. The Hall–Kier alpha value is -0.480. The molecule has 0 spiro atoms. The maximum Gasteiger partial charge on any atom is 0.469 e. The number of ketones is 1. The fraction of sp³-hybridized carbons (Fsp3) is 0.727. The van der Waals surface area contributed by atoms with Gasteiger partial charge in [-0.2, -0.15) is 0 Å². The minimum atomic E-state index is -4.34. The van der Waals surface area contributed by atoms with Crippen molar-refractivity contribution >= 4 is 13.6 Å². The van der Waals surface area contributed by atoms with Crippen LogP contribution in [0, 0.1) is 11.8 Å². The third kappa shape index (κ3) is 6.13. The molecule has 0 bridgehead atoms. The highest BCUT2D eigenvalue weighted by atomic mass is 31.2. The Kier molecular flexibility index (Phi) is 5.53. The van der Waals surface area contributed by atoms with Gasteiger partial charge < -0.3 is 9.79 Å². The molecule has 17 heavy (non-hydrogen) atoms. The van der Waals surface area contributed by atoms with Crippen LogP contribution in [0.15, 0.2) is 12.7 Å². The number of hydrogen-bond donors (Lipinski definition) is 2. The van der Waals surface area contributed by atoms with Crippen LogP contribution in [0.2, 0.25) is 0 Å². The lowest BCUT2D eigenvalue weighted by Crippen LogP contribution is -2.19. The molecule has 0 heterocycles. The van der Waals surface area contributed by atoms with E-state index in [1.807, 2.05) is 0 Å². The predicted molar refractivity (Wildman–Crippen MR) is 63.3 cm³/mol. The highest BCUT2D eigenvalue weighted by Gasteiger charge is 2.24. The van der Waals surface area contributed by atoms with Crippen molar-refractivity contribution in [1.82, 2.24) is 0 Å². The summed E-state index contributed by atoms with van der Waals surface area (Å²) in [5, 5.41) is 0. The third-order valence-corrected chi connectivity index (χ3v) is 3.65. The zero-order valence-electron chi connectivity index (χ0n) is 9.75. The molecule has 0 saturated heterocycles. The van der Waals surface area contributed by atoms with Crippen molar-refractivity contribution in [3.8, 4) is 0 Å². The van der Waals surface area contributed by atoms with E-state index in [1.54, 1.807) is 0 Å². The van der Waals surface area contributed by atoms with Crippen molar-refractivity contribution < 1.29 is 23.7 Å². The number of carbonyl (C=O) groups excluding carboxylic acids is 1. The van der Waals surface area contributed by atoms with E-state index >= 15 is 0 Å². The molecule has 98 valence electrons. The van der Waals surface area contributed by atoms with Crippen molar-refractivity contribution in [2.75, 3.05) is 6.61 Å². The van der Waals surface area contributed by atoms with Crippen molar-refractivity contribution in [1.29, 1.82) is 0 Å². The summed E-state index contributed by atoms with van der Waals surface area (Å²) in [6.45, 7) is 3.54. The molecule has 5 nitrogen and oxygen atoms in total. The van der Waals surface area contributed by atoms with Crippen molar-refractivity contribution in [3.05, 3.63) is 12.7 Å². The highest BCUT2D eigenvalue weighted by molar-refractivity contribution is 7.46. The minimum Gasteiger partial charge on any atom is -0.303 e. The van der Waals surface area contributed by atoms with Crippen LogP contribution in [-0.2, 0) is 13.9 Å². The van der Waals surface area contributed by atoms with Crippen LogP contribution in [-0.4, -0.2) is 22.2 Å². The molecule has 0 unspecified atom stereocenters. The van der Waals surface area contributed by atoms with Gasteiger partial charge in [0.05, 0.1) is 6.61 Å². The number of phosphoric acid groups is 1. The largest absolute Gasteiger partial charge is 0.469 e. The van der Waals surface area contributed by atoms with Crippen LogP contribution in [0.3, 0.4) is 0 Å². The lowest BCUT2D eigenvalue weighted by Gasteiger charge is -2.27. The molecule has 1 fully saturated rings. The summed E-state index contributed by atoms with van der Waals surface area (Å²) in [5.41, 5.74) is 0. The Bertz CT molecular complexity index is 314. The van der Waals surface area contributed by atoms with Crippen LogP contribution in [0.1, 0.15) is 32.1 Å². The molecule has 1 aliphatic rings. The van der Waals surface area contributed by atoms with Crippen LogP contribution < -0.4 is 0 Å².